The molecule has 2 aromatic rings. The summed E-state index contributed by atoms with van der Waals surface area (Å²) in [5.41, 5.74) is 1.78. The fourth-order valence-electron chi connectivity index (χ4n) is 1.99. The fourth-order valence-corrected chi connectivity index (χ4v) is 2.21. The molecule has 0 unspecified atom stereocenters. The SMILES string of the molecule is COc1cccc(-c2cc(=S)nc(C(C)C)[nH]2)c1OC. The van der Waals surface area contributed by atoms with Crippen molar-refractivity contribution in [3.05, 3.63) is 34.7 Å². The lowest BCUT2D eigenvalue weighted by Crippen LogP contribution is -2.00. The maximum atomic E-state index is 5.46. The van der Waals surface area contributed by atoms with E-state index < -0.39 is 0 Å². The molecule has 106 valence electrons. The minimum atomic E-state index is 0.272. The minimum Gasteiger partial charge on any atom is -0.493 e. The van der Waals surface area contributed by atoms with Gasteiger partial charge in [-0.05, 0) is 18.2 Å². The first-order valence-corrected chi connectivity index (χ1v) is 6.80. The number of benzene rings is 1. The Morgan fingerprint density at radius 2 is 1.95 bits per heavy atom. The highest BCUT2D eigenvalue weighted by Crippen LogP contribution is 2.37. The molecule has 0 radical (unpaired) electrons. The normalized spacial score (nSPS) is 10.7. The van der Waals surface area contributed by atoms with Crippen LogP contribution in [0.3, 0.4) is 0 Å². The van der Waals surface area contributed by atoms with Gasteiger partial charge in [0.15, 0.2) is 11.5 Å². The first-order chi connectivity index (χ1) is 9.56. The van der Waals surface area contributed by atoms with Crippen LogP contribution < -0.4 is 9.47 Å². The largest absolute Gasteiger partial charge is 0.493 e. The number of ether oxygens (including phenoxy) is 2. The van der Waals surface area contributed by atoms with E-state index in [1.54, 1.807) is 14.2 Å². The van der Waals surface area contributed by atoms with E-state index in [0.29, 0.717) is 16.1 Å². The summed E-state index contributed by atoms with van der Waals surface area (Å²) in [6, 6.07) is 7.58. The number of hydrogen-bond acceptors (Lipinski definition) is 4. The van der Waals surface area contributed by atoms with Crippen LogP contribution in [0.4, 0.5) is 0 Å². The van der Waals surface area contributed by atoms with Crippen molar-refractivity contribution in [2.45, 2.75) is 19.8 Å². The Morgan fingerprint density at radius 1 is 1.20 bits per heavy atom. The summed E-state index contributed by atoms with van der Waals surface area (Å²) in [6.07, 6.45) is 0. The summed E-state index contributed by atoms with van der Waals surface area (Å²) in [5.74, 6) is 2.50. The monoisotopic (exact) mass is 290 g/mol. The van der Waals surface area contributed by atoms with E-state index in [-0.39, 0.29) is 5.92 Å². The Hall–Kier alpha value is -1.88. The third-order valence-corrected chi connectivity index (χ3v) is 3.21. The number of nitrogens with one attached hydrogen (secondary N) is 1. The van der Waals surface area contributed by atoms with E-state index in [9.17, 15) is 0 Å². The van der Waals surface area contributed by atoms with Crippen molar-refractivity contribution < 1.29 is 9.47 Å². The van der Waals surface area contributed by atoms with E-state index >= 15 is 0 Å². The Balaban J connectivity index is 2.65. The molecule has 0 spiro atoms. The van der Waals surface area contributed by atoms with Crippen LogP contribution in [-0.2, 0) is 0 Å². The molecule has 2 rings (SSSR count). The molecular formula is C15H18N2O2S. The Bertz CT molecular complexity index is 665. The second-order valence-corrected chi connectivity index (χ2v) is 5.13. The van der Waals surface area contributed by atoms with Crippen molar-refractivity contribution in [1.82, 2.24) is 9.97 Å². The summed E-state index contributed by atoms with van der Waals surface area (Å²) < 4.78 is 11.4. The van der Waals surface area contributed by atoms with Crippen LogP contribution in [0.2, 0.25) is 0 Å². The van der Waals surface area contributed by atoms with Gasteiger partial charge in [-0.1, -0.05) is 32.1 Å². The van der Waals surface area contributed by atoms with Gasteiger partial charge in [-0.25, -0.2) is 4.98 Å². The van der Waals surface area contributed by atoms with Crippen LogP contribution in [-0.4, -0.2) is 24.2 Å². The molecule has 0 fully saturated rings. The predicted molar refractivity (Wildman–Crippen MR) is 82.1 cm³/mol. The average molecular weight is 290 g/mol. The number of para-hydroxylation sites is 1. The fraction of sp³-hybridized carbons (Fsp3) is 0.333. The molecule has 0 aliphatic carbocycles. The molecule has 20 heavy (non-hydrogen) atoms. The van der Waals surface area contributed by atoms with Crippen molar-refractivity contribution in [2.24, 2.45) is 0 Å². The van der Waals surface area contributed by atoms with Crippen molar-refractivity contribution >= 4 is 12.2 Å². The van der Waals surface area contributed by atoms with Crippen LogP contribution in [0, 0.1) is 4.64 Å². The van der Waals surface area contributed by atoms with Gasteiger partial charge in [0.25, 0.3) is 0 Å². The zero-order valence-corrected chi connectivity index (χ0v) is 12.9. The van der Waals surface area contributed by atoms with Crippen LogP contribution >= 0.6 is 12.2 Å². The highest BCUT2D eigenvalue weighted by molar-refractivity contribution is 7.71. The number of H-pyrrole nitrogens is 1. The van der Waals surface area contributed by atoms with E-state index in [0.717, 1.165) is 17.1 Å². The van der Waals surface area contributed by atoms with E-state index in [4.69, 9.17) is 21.7 Å². The van der Waals surface area contributed by atoms with Gasteiger partial charge in [0, 0.05) is 11.5 Å². The molecule has 1 aromatic carbocycles. The van der Waals surface area contributed by atoms with Crippen molar-refractivity contribution in [2.75, 3.05) is 14.2 Å². The summed E-state index contributed by atoms with van der Waals surface area (Å²) >= 11 is 5.24. The molecule has 0 aliphatic heterocycles. The van der Waals surface area contributed by atoms with Gasteiger partial charge in [-0.15, -0.1) is 0 Å². The Labute approximate surface area is 123 Å². The second kappa shape index (κ2) is 6.05. The summed E-state index contributed by atoms with van der Waals surface area (Å²) in [5, 5.41) is 0. The lowest BCUT2D eigenvalue weighted by molar-refractivity contribution is 0.356. The molecule has 1 aromatic heterocycles. The minimum absolute atomic E-state index is 0.272. The molecule has 0 aliphatic rings. The highest BCUT2D eigenvalue weighted by atomic mass is 32.1. The van der Waals surface area contributed by atoms with Gasteiger partial charge in [0.1, 0.15) is 10.5 Å². The van der Waals surface area contributed by atoms with E-state index in [2.05, 4.69) is 23.8 Å². The van der Waals surface area contributed by atoms with Gasteiger partial charge in [0.2, 0.25) is 0 Å². The van der Waals surface area contributed by atoms with Crippen LogP contribution in [0.5, 0.6) is 11.5 Å². The van der Waals surface area contributed by atoms with E-state index in [1.807, 2.05) is 24.3 Å². The molecule has 0 atom stereocenters. The quantitative estimate of drug-likeness (QED) is 0.866. The third kappa shape index (κ3) is 2.82. The molecule has 1 heterocycles. The number of aromatic amines is 1. The molecule has 0 saturated carbocycles. The molecular weight excluding hydrogens is 272 g/mol. The molecule has 4 nitrogen and oxygen atoms in total. The predicted octanol–water partition coefficient (Wildman–Crippen LogP) is 3.95. The maximum Gasteiger partial charge on any atom is 0.170 e. The lowest BCUT2D eigenvalue weighted by Gasteiger charge is -2.14. The zero-order valence-electron chi connectivity index (χ0n) is 12.1. The number of methoxy groups -OCH3 is 2. The smallest absolute Gasteiger partial charge is 0.170 e. The topological polar surface area (TPSA) is 47.1 Å². The van der Waals surface area contributed by atoms with Gasteiger partial charge >= 0.3 is 0 Å². The number of aromatic nitrogens is 2. The lowest BCUT2D eigenvalue weighted by atomic mass is 10.1. The molecule has 5 heteroatoms. The standard InChI is InChI=1S/C15H18N2O2S/c1-9(2)15-16-11(8-13(20)17-15)10-6-5-7-12(18-3)14(10)19-4/h5-9H,1-4H3,(H,16,17,20). The van der Waals surface area contributed by atoms with Crippen LogP contribution in [0.15, 0.2) is 24.3 Å². The Morgan fingerprint density at radius 3 is 2.55 bits per heavy atom. The summed E-state index contributed by atoms with van der Waals surface area (Å²) in [7, 11) is 3.25. The van der Waals surface area contributed by atoms with Gasteiger partial charge in [-0.2, -0.15) is 0 Å². The van der Waals surface area contributed by atoms with Crippen LogP contribution in [0.25, 0.3) is 11.3 Å². The summed E-state index contributed by atoms with van der Waals surface area (Å²) in [4.78, 5) is 7.66. The van der Waals surface area contributed by atoms with Crippen LogP contribution in [0.1, 0.15) is 25.6 Å². The zero-order chi connectivity index (χ0) is 14.7. The first-order valence-electron chi connectivity index (χ1n) is 6.39. The number of rotatable bonds is 4. The average Bonchev–Trinajstić information content (AvgIpc) is 2.45. The van der Waals surface area contributed by atoms with E-state index in [1.165, 1.54) is 0 Å². The maximum absolute atomic E-state index is 5.46. The van der Waals surface area contributed by atoms with Crippen molar-refractivity contribution in [3.63, 3.8) is 0 Å². The molecule has 1 N–H and O–H groups in total. The number of nitrogens with zero attached hydrogens (tertiary/aromatic N) is 1. The van der Waals surface area contributed by atoms with Gasteiger partial charge in [0.05, 0.1) is 19.9 Å². The van der Waals surface area contributed by atoms with Crippen molar-refractivity contribution in [1.29, 1.82) is 0 Å². The van der Waals surface area contributed by atoms with Crippen molar-refractivity contribution in [3.8, 4) is 22.8 Å². The number of hydrogen-bond donors (Lipinski definition) is 1. The molecule has 0 bridgehead atoms. The van der Waals surface area contributed by atoms with Gasteiger partial charge in [-0.3, -0.25) is 0 Å². The molecule has 0 saturated heterocycles. The molecule has 0 amide bonds. The second-order valence-electron chi connectivity index (χ2n) is 4.71. The summed E-state index contributed by atoms with van der Waals surface area (Å²) in [6.45, 7) is 4.14. The Kier molecular flexibility index (Phi) is 4.39. The first kappa shape index (κ1) is 14.5. The van der Waals surface area contributed by atoms with Gasteiger partial charge < -0.3 is 14.5 Å². The highest BCUT2D eigenvalue weighted by Gasteiger charge is 2.13. The third-order valence-electron chi connectivity index (χ3n) is 3.00.